The summed E-state index contributed by atoms with van der Waals surface area (Å²) in [4.78, 5) is 38.7. The number of esters is 1. The van der Waals surface area contributed by atoms with Crippen LogP contribution < -0.4 is 10.6 Å². The molecule has 0 spiro atoms. The smallest absolute Gasteiger partial charge is 0.313 e. The van der Waals surface area contributed by atoms with E-state index in [4.69, 9.17) is 4.74 Å². The van der Waals surface area contributed by atoms with Crippen LogP contribution in [0.2, 0.25) is 0 Å². The van der Waals surface area contributed by atoms with E-state index in [1.165, 1.54) is 7.11 Å². The van der Waals surface area contributed by atoms with Crippen molar-refractivity contribution in [3.8, 4) is 0 Å². The average Bonchev–Trinajstić information content (AvgIpc) is 3.19. The number of nitrogens with one attached hydrogen (secondary N) is 2. The Balaban J connectivity index is 1.60. The number of methoxy groups -OCH3 is 1. The molecule has 1 aromatic rings. The summed E-state index contributed by atoms with van der Waals surface area (Å²) in [5.41, 5.74) is 0.647. The first-order chi connectivity index (χ1) is 13.0. The molecule has 0 bridgehead atoms. The number of carbonyl (C=O) groups excluding carboxylic acids is 3. The van der Waals surface area contributed by atoms with Crippen LogP contribution in [-0.2, 0) is 14.3 Å². The Morgan fingerprint density at radius 2 is 2.15 bits per heavy atom. The van der Waals surface area contributed by atoms with Gasteiger partial charge in [-0.1, -0.05) is 12.5 Å². The molecule has 2 fully saturated rings. The molecular weight excluding hydrogens is 346 g/mol. The fourth-order valence-electron chi connectivity index (χ4n) is 4.46. The van der Waals surface area contributed by atoms with Crippen molar-refractivity contribution in [1.82, 2.24) is 10.2 Å². The van der Waals surface area contributed by atoms with Gasteiger partial charge in [0.1, 0.15) is 0 Å². The molecule has 2 atom stereocenters. The number of likely N-dealkylation sites (tertiary alicyclic amines) is 1. The summed E-state index contributed by atoms with van der Waals surface area (Å²) in [5.74, 6) is -0.203. The maximum Gasteiger partial charge on any atom is 0.313 e. The Morgan fingerprint density at radius 1 is 1.33 bits per heavy atom. The van der Waals surface area contributed by atoms with Crippen molar-refractivity contribution < 1.29 is 19.1 Å². The quantitative estimate of drug-likeness (QED) is 0.741. The van der Waals surface area contributed by atoms with Crippen molar-refractivity contribution in [2.75, 3.05) is 38.6 Å². The summed E-state index contributed by atoms with van der Waals surface area (Å²) in [5, 5.41) is 5.59. The van der Waals surface area contributed by atoms with Gasteiger partial charge >= 0.3 is 5.97 Å². The Morgan fingerprint density at radius 3 is 2.89 bits per heavy atom. The van der Waals surface area contributed by atoms with Gasteiger partial charge in [0, 0.05) is 30.9 Å². The Labute approximate surface area is 159 Å². The highest BCUT2D eigenvalue weighted by Crippen LogP contribution is 2.49. The van der Waals surface area contributed by atoms with Gasteiger partial charge in [-0.2, -0.15) is 0 Å². The number of carbonyl (C=O) groups is 3. The molecule has 1 heterocycles. The molecule has 3 rings (SSSR count). The first-order valence-electron chi connectivity index (χ1n) is 9.47. The summed E-state index contributed by atoms with van der Waals surface area (Å²) in [6.07, 6.45) is 2.87. The van der Waals surface area contributed by atoms with Crippen LogP contribution in [0.15, 0.2) is 24.3 Å². The number of rotatable bonds is 6. The number of amides is 2. The number of ether oxygens (including phenoxy) is 1. The molecule has 1 aromatic carbocycles. The van der Waals surface area contributed by atoms with Crippen molar-refractivity contribution in [2.45, 2.75) is 26.2 Å². The lowest BCUT2D eigenvalue weighted by Gasteiger charge is -2.25. The van der Waals surface area contributed by atoms with E-state index in [2.05, 4.69) is 10.6 Å². The zero-order chi connectivity index (χ0) is 19.4. The van der Waals surface area contributed by atoms with Crippen LogP contribution in [0.4, 0.5) is 5.69 Å². The summed E-state index contributed by atoms with van der Waals surface area (Å²) in [6.45, 7) is 3.93. The van der Waals surface area contributed by atoms with Crippen molar-refractivity contribution in [2.24, 2.45) is 11.3 Å². The van der Waals surface area contributed by atoms with Gasteiger partial charge in [0.2, 0.25) is 5.91 Å². The van der Waals surface area contributed by atoms with E-state index < -0.39 is 5.41 Å². The number of benzene rings is 1. The van der Waals surface area contributed by atoms with Gasteiger partial charge < -0.3 is 15.4 Å². The molecule has 0 unspecified atom stereocenters. The minimum absolute atomic E-state index is 0.150. The van der Waals surface area contributed by atoms with Gasteiger partial charge in [-0.25, -0.2) is 0 Å². The molecule has 0 radical (unpaired) electrons. The number of nitrogens with zero attached hydrogens (tertiary/aromatic N) is 1. The molecule has 7 nitrogen and oxygen atoms in total. The van der Waals surface area contributed by atoms with Crippen molar-refractivity contribution in [1.29, 1.82) is 0 Å². The standard InChI is InChI=1S/C20H27N3O4/c1-3-21-18(25)14-6-4-8-16(10-14)22-17(24)12-23-11-15-7-5-9-20(15,13-23)19(26)27-2/h4,6,8,10,15H,3,5,7,9,11-13H2,1-2H3,(H,21,25)(H,22,24)/t15-,20+/m0/s1. The molecule has 2 aliphatic rings. The average molecular weight is 373 g/mol. The fourth-order valence-corrected chi connectivity index (χ4v) is 4.46. The predicted molar refractivity (Wildman–Crippen MR) is 101 cm³/mol. The third-order valence-corrected chi connectivity index (χ3v) is 5.65. The van der Waals surface area contributed by atoms with Gasteiger partial charge in [-0.05, 0) is 43.9 Å². The van der Waals surface area contributed by atoms with Gasteiger partial charge in [-0.3, -0.25) is 19.3 Å². The third kappa shape index (κ3) is 3.98. The SMILES string of the molecule is CCNC(=O)c1cccc(NC(=O)CN2C[C@@H]3CCC[C@@]3(C(=O)OC)C2)c1. The first kappa shape index (κ1) is 19.4. The molecule has 27 heavy (non-hydrogen) atoms. The van der Waals surface area contributed by atoms with Gasteiger partial charge in [0.15, 0.2) is 0 Å². The second-order valence-electron chi connectivity index (χ2n) is 7.39. The number of fused-ring (bicyclic) bond motifs is 1. The third-order valence-electron chi connectivity index (χ3n) is 5.65. The molecule has 7 heteroatoms. The summed E-state index contributed by atoms with van der Waals surface area (Å²) in [6, 6.07) is 6.88. The van der Waals surface area contributed by atoms with Crippen molar-refractivity contribution >= 4 is 23.5 Å². The maximum absolute atomic E-state index is 12.5. The largest absolute Gasteiger partial charge is 0.469 e. The lowest BCUT2D eigenvalue weighted by atomic mass is 9.81. The molecule has 1 saturated carbocycles. The van der Waals surface area contributed by atoms with Gasteiger partial charge in [0.25, 0.3) is 5.91 Å². The Bertz CT molecular complexity index is 736. The van der Waals surface area contributed by atoms with Crippen LogP contribution in [-0.4, -0.2) is 56.0 Å². The maximum atomic E-state index is 12.5. The Hall–Kier alpha value is -2.41. The van der Waals surface area contributed by atoms with Crippen LogP contribution in [0, 0.1) is 11.3 Å². The molecule has 2 N–H and O–H groups in total. The van der Waals surface area contributed by atoms with E-state index in [9.17, 15) is 14.4 Å². The van der Waals surface area contributed by atoms with Crippen LogP contribution in [0.5, 0.6) is 0 Å². The second kappa shape index (κ2) is 8.08. The second-order valence-corrected chi connectivity index (χ2v) is 7.39. The van der Waals surface area contributed by atoms with E-state index in [0.717, 1.165) is 25.8 Å². The zero-order valence-electron chi connectivity index (χ0n) is 15.9. The highest BCUT2D eigenvalue weighted by molar-refractivity contribution is 5.97. The lowest BCUT2D eigenvalue weighted by molar-refractivity contribution is -0.153. The highest BCUT2D eigenvalue weighted by Gasteiger charge is 2.55. The molecule has 1 saturated heterocycles. The zero-order valence-corrected chi connectivity index (χ0v) is 15.9. The minimum atomic E-state index is -0.451. The van der Waals surface area contributed by atoms with E-state index in [1.807, 2.05) is 11.8 Å². The van der Waals surface area contributed by atoms with Gasteiger partial charge in [0.05, 0.1) is 19.1 Å². The summed E-state index contributed by atoms with van der Waals surface area (Å²) >= 11 is 0. The van der Waals surface area contributed by atoms with Crippen LogP contribution >= 0.6 is 0 Å². The normalized spacial score (nSPS) is 24.3. The van der Waals surface area contributed by atoms with Crippen LogP contribution in [0.1, 0.15) is 36.5 Å². The molecule has 146 valence electrons. The number of hydrogen-bond donors (Lipinski definition) is 2. The predicted octanol–water partition coefficient (Wildman–Crippen LogP) is 1.65. The number of hydrogen-bond acceptors (Lipinski definition) is 5. The van der Waals surface area contributed by atoms with Gasteiger partial charge in [-0.15, -0.1) is 0 Å². The summed E-state index contributed by atoms with van der Waals surface area (Å²) in [7, 11) is 1.43. The van der Waals surface area contributed by atoms with Crippen molar-refractivity contribution in [3.05, 3.63) is 29.8 Å². The molecule has 2 amide bonds. The van der Waals surface area contributed by atoms with Crippen LogP contribution in [0.25, 0.3) is 0 Å². The topological polar surface area (TPSA) is 87.7 Å². The van der Waals surface area contributed by atoms with E-state index in [0.29, 0.717) is 24.3 Å². The fraction of sp³-hybridized carbons (Fsp3) is 0.550. The van der Waals surface area contributed by atoms with Crippen LogP contribution in [0.3, 0.4) is 0 Å². The molecule has 1 aliphatic carbocycles. The van der Waals surface area contributed by atoms with E-state index >= 15 is 0 Å². The molecular formula is C20H27N3O4. The Kier molecular flexibility index (Phi) is 5.79. The first-order valence-corrected chi connectivity index (χ1v) is 9.47. The minimum Gasteiger partial charge on any atom is -0.469 e. The van der Waals surface area contributed by atoms with E-state index in [1.54, 1.807) is 24.3 Å². The number of anilines is 1. The van der Waals surface area contributed by atoms with Crippen molar-refractivity contribution in [3.63, 3.8) is 0 Å². The lowest BCUT2D eigenvalue weighted by Crippen LogP contribution is -2.38. The highest BCUT2D eigenvalue weighted by atomic mass is 16.5. The summed E-state index contributed by atoms with van der Waals surface area (Å²) < 4.78 is 5.04. The molecule has 0 aromatic heterocycles. The van der Waals surface area contributed by atoms with E-state index in [-0.39, 0.29) is 30.2 Å². The monoisotopic (exact) mass is 373 g/mol. The molecule has 1 aliphatic heterocycles.